The molecular weight excluding hydrogens is 224 g/mol. The molecule has 3 rings (SSSR count). The van der Waals surface area contributed by atoms with Crippen LogP contribution in [0.4, 0.5) is 0 Å². The molecule has 1 saturated carbocycles. The van der Waals surface area contributed by atoms with Gasteiger partial charge in [-0.05, 0) is 38.6 Å². The van der Waals surface area contributed by atoms with Crippen LogP contribution in [0.15, 0.2) is 0 Å². The lowest BCUT2D eigenvalue weighted by atomic mass is 9.98. The van der Waals surface area contributed by atoms with Crippen molar-refractivity contribution < 1.29 is 4.74 Å². The summed E-state index contributed by atoms with van der Waals surface area (Å²) < 4.78 is 5.98. The number of hydrogen-bond donors (Lipinski definition) is 1. The van der Waals surface area contributed by atoms with E-state index in [1.165, 1.54) is 64.5 Å². The molecular formula is C15H28N2O. The molecule has 18 heavy (non-hydrogen) atoms. The van der Waals surface area contributed by atoms with Gasteiger partial charge in [-0.1, -0.05) is 19.3 Å². The van der Waals surface area contributed by atoms with Crippen LogP contribution >= 0.6 is 0 Å². The molecule has 0 bridgehead atoms. The van der Waals surface area contributed by atoms with Crippen molar-refractivity contribution in [3.8, 4) is 0 Å². The van der Waals surface area contributed by atoms with Gasteiger partial charge in [0.05, 0.1) is 12.7 Å². The zero-order valence-corrected chi connectivity index (χ0v) is 11.6. The Morgan fingerprint density at radius 2 is 1.83 bits per heavy atom. The maximum Gasteiger partial charge on any atom is 0.0594 e. The molecule has 2 unspecified atom stereocenters. The molecule has 0 spiro atoms. The van der Waals surface area contributed by atoms with Gasteiger partial charge in [0, 0.05) is 25.2 Å². The van der Waals surface area contributed by atoms with Crippen molar-refractivity contribution in [3.63, 3.8) is 0 Å². The van der Waals surface area contributed by atoms with E-state index in [1.54, 1.807) is 0 Å². The standard InChI is InChI=1S/C15H28N2O/c1-2-5-13(6-3-1)18-12-9-16-14-8-11-17-10-4-7-15(14)17/h13-16H,1-12H2. The Balaban J connectivity index is 1.30. The molecule has 3 heteroatoms. The third-order valence-electron chi connectivity index (χ3n) is 5.02. The van der Waals surface area contributed by atoms with Gasteiger partial charge >= 0.3 is 0 Å². The smallest absolute Gasteiger partial charge is 0.0594 e. The largest absolute Gasteiger partial charge is 0.377 e. The van der Waals surface area contributed by atoms with E-state index in [1.807, 2.05) is 0 Å². The van der Waals surface area contributed by atoms with Crippen LogP contribution in [-0.2, 0) is 4.74 Å². The second kappa shape index (κ2) is 6.36. The van der Waals surface area contributed by atoms with Gasteiger partial charge in [0.15, 0.2) is 0 Å². The summed E-state index contributed by atoms with van der Waals surface area (Å²) in [6, 6.07) is 1.57. The summed E-state index contributed by atoms with van der Waals surface area (Å²) in [5.41, 5.74) is 0. The Kier molecular flexibility index (Phi) is 4.55. The van der Waals surface area contributed by atoms with Crippen LogP contribution in [0.3, 0.4) is 0 Å². The molecule has 0 aromatic carbocycles. The van der Waals surface area contributed by atoms with E-state index in [9.17, 15) is 0 Å². The minimum absolute atomic E-state index is 0.562. The van der Waals surface area contributed by atoms with Crippen LogP contribution in [0.1, 0.15) is 51.4 Å². The Labute approximate surface area is 111 Å². The zero-order valence-electron chi connectivity index (χ0n) is 11.6. The molecule has 0 radical (unpaired) electrons. The summed E-state index contributed by atoms with van der Waals surface area (Å²) in [6.07, 6.45) is 11.5. The molecule has 2 saturated heterocycles. The fraction of sp³-hybridized carbons (Fsp3) is 1.00. The predicted molar refractivity (Wildman–Crippen MR) is 73.8 cm³/mol. The van der Waals surface area contributed by atoms with Crippen LogP contribution in [0, 0.1) is 0 Å². The fourth-order valence-electron chi connectivity index (χ4n) is 4.02. The van der Waals surface area contributed by atoms with Gasteiger partial charge in [0.25, 0.3) is 0 Å². The SMILES string of the molecule is C1CCC(OCCNC2CCN3CCCC23)CC1. The van der Waals surface area contributed by atoms with Gasteiger partial charge in [-0.25, -0.2) is 0 Å². The molecule has 0 amide bonds. The topological polar surface area (TPSA) is 24.5 Å². The van der Waals surface area contributed by atoms with Gasteiger partial charge in [-0.15, -0.1) is 0 Å². The summed E-state index contributed by atoms with van der Waals surface area (Å²) >= 11 is 0. The van der Waals surface area contributed by atoms with Gasteiger partial charge in [-0.2, -0.15) is 0 Å². The van der Waals surface area contributed by atoms with Crippen LogP contribution in [0.5, 0.6) is 0 Å². The minimum Gasteiger partial charge on any atom is -0.377 e. The number of rotatable bonds is 5. The fourth-order valence-corrected chi connectivity index (χ4v) is 4.02. The van der Waals surface area contributed by atoms with Gasteiger partial charge < -0.3 is 10.1 Å². The molecule has 3 aliphatic rings. The zero-order chi connectivity index (χ0) is 12.2. The first kappa shape index (κ1) is 12.9. The Bertz CT molecular complexity index is 253. The summed E-state index contributed by atoms with van der Waals surface area (Å²) in [4.78, 5) is 2.67. The summed E-state index contributed by atoms with van der Waals surface area (Å²) in [7, 11) is 0. The number of fused-ring (bicyclic) bond motifs is 1. The Morgan fingerprint density at radius 3 is 2.72 bits per heavy atom. The van der Waals surface area contributed by atoms with E-state index < -0.39 is 0 Å². The van der Waals surface area contributed by atoms with Crippen molar-refractivity contribution in [1.82, 2.24) is 10.2 Å². The maximum absolute atomic E-state index is 5.98. The monoisotopic (exact) mass is 252 g/mol. The Morgan fingerprint density at radius 1 is 0.944 bits per heavy atom. The second-order valence-corrected chi connectivity index (χ2v) is 6.23. The molecule has 1 N–H and O–H groups in total. The maximum atomic E-state index is 5.98. The van der Waals surface area contributed by atoms with E-state index in [-0.39, 0.29) is 0 Å². The summed E-state index contributed by atoms with van der Waals surface area (Å²) in [5.74, 6) is 0. The lowest BCUT2D eigenvalue weighted by Gasteiger charge is -2.24. The van der Waals surface area contributed by atoms with Crippen LogP contribution in [0.2, 0.25) is 0 Å². The van der Waals surface area contributed by atoms with E-state index in [0.717, 1.165) is 25.2 Å². The van der Waals surface area contributed by atoms with Crippen molar-refractivity contribution in [2.75, 3.05) is 26.2 Å². The third kappa shape index (κ3) is 3.06. The van der Waals surface area contributed by atoms with E-state index in [2.05, 4.69) is 10.2 Å². The van der Waals surface area contributed by atoms with E-state index >= 15 is 0 Å². The van der Waals surface area contributed by atoms with Gasteiger partial charge in [-0.3, -0.25) is 4.90 Å². The number of nitrogens with one attached hydrogen (secondary N) is 1. The van der Waals surface area contributed by atoms with Crippen molar-refractivity contribution >= 4 is 0 Å². The highest BCUT2D eigenvalue weighted by molar-refractivity contribution is 4.95. The number of nitrogens with zero attached hydrogens (tertiary/aromatic N) is 1. The normalized spacial score (nSPS) is 34.0. The van der Waals surface area contributed by atoms with Crippen molar-refractivity contribution in [2.45, 2.75) is 69.6 Å². The number of ether oxygens (including phenoxy) is 1. The highest BCUT2D eigenvalue weighted by Gasteiger charge is 2.36. The molecule has 104 valence electrons. The molecule has 3 nitrogen and oxygen atoms in total. The molecule has 0 aromatic rings. The average Bonchev–Trinajstić information content (AvgIpc) is 3.00. The third-order valence-corrected chi connectivity index (χ3v) is 5.02. The lowest BCUT2D eigenvalue weighted by Crippen LogP contribution is -2.40. The van der Waals surface area contributed by atoms with E-state index in [4.69, 9.17) is 4.74 Å². The predicted octanol–water partition coefficient (Wildman–Crippen LogP) is 2.16. The molecule has 2 aliphatic heterocycles. The summed E-state index contributed by atoms with van der Waals surface area (Å²) in [6.45, 7) is 4.60. The molecule has 0 aromatic heterocycles. The Hall–Kier alpha value is -0.120. The first-order valence-corrected chi connectivity index (χ1v) is 8.02. The first-order chi connectivity index (χ1) is 8.93. The molecule has 2 atom stereocenters. The lowest BCUT2D eigenvalue weighted by molar-refractivity contribution is 0.0291. The average molecular weight is 252 g/mol. The van der Waals surface area contributed by atoms with E-state index in [0.29, 0.717) is 6.10 Å². The van der Waals surface area contributed by atoms with Gasteiger partial charge in [0.2, 0.25) is 0 Å². The summed E-state index contributed by atoms with van der Waals surface area (Å²) in [5, 5.41) is 3.73. The van der Waals surface area contributed by atoms with Gasteiger partial charge in [0.1, 0.15) is 0 Å². The second-order valence-electron chi connectivity index (χ2n) is 6.23. The first-order valence-electron chi connectivity index (χ1n) is 8.02. The molecule has 1 aliphatic carbocycles. The molecule has 3 fully saturated rings. The van der Waals surface area contributed by atoms with Crippen molar-refractivity contribution in [2.24, 2.45) is 0 Å². The van der Waals surface area contributed by atoms with Crippen molar-refractivity contribution in [3.05, 3.63) is 0 Å². The van der Waals surface area contributed by atoms with Crippen LogP contribution in [-0.4, -0.2) is 49.3 Å². The number of hydrogen-bond acceptors (Lipinski definition) is 3. The molecule has 2 heterocycles. The highest BCUT2D eigenvalue weighted by atomic mass is 16.5. The van der Waals surface area contributed by atoms with Crippen molar-refractivity contribution in [1.29, 1.82) is 0 Å². The highest BCUT2D eigenvalue weighted by Crippen LogP contribution is 2.27. The quantitative estimate of drug-likeness (QED) is 0.759. The minimum atomic E-state index is 0.562. The van der Waals surface area contributed by atoms with Crippen LogP contribution in [0.25, 0.3) is 0 Å². The van der Waals surface area contributed by atoms with Crippen LogP contribution < -0.4 is 5.32 Å².